The van der Waals surface area contributed by atoms with E-state index >= 15 is 0 Å². The maximum Gasteiger partial charge on any atom is 0.176 e. The predicted octanol–water partition coefficient (Wildman–Crippen LogP) is 2.80. The molecule has 0 saturated heterocycles. The summed E-state index contributed by atoms with van der Waals surface area (Å²) >= 11 is 0. The molecule has 0 aliphatic carbocycles. The number of aromatic nitrogens is 5. The zero-order valence-corrected chi connectivity index (χ0v) is 16.1. The summed E-state index contributed by atoms with van der Waals surface area (Å²) in [4.78, 5) is 4.69. The Bertz CT molecular complexity index is 851. The Morgan fingerprint density at radius 2 is 1.77 bits per heavy atom. The molecule has 0 saturated carbocycles. The Balaban J connectivity index is 1.74. The second-order valence-corrected chi connectivity index (χ2v) is 6.61. The van der Waals surface area contributed by atoms with Crippen LogP contribution < -0.4 is 0 Å². The molecule has 1 aromatic carbocycles. The fourth-order valence-electron chi connectivity index (χ4n) is 3.28. The molecule has 0 aliphatic rings. The van der Waals surface area contributed by atoms with Crippen molar-refractivity contribution in [2.45, 2.75) is 46.3 Å². The van der Waals surface area contributed by atoms with E-state index in [1.807, 2.05) is 22.5 Å². The van der Waals surface area contributed by atoms with E-state index in [-0.39, 0.29) is 0 Å². The Hall–Kier alpha value is -2.47. The van der Waals surface area contributed by atoms with E-state index in [4.69, 9.17) is 9.72 Å². The summed E-state index contributed by atoms with van der Waals surface area (Å²) in [5.74, 6) is 1.76. The van der Waals surface area contributed by atoms with E-state index in [0.717, 1.165) is 43.1 Å². The summed E-state index contributed by atoms with van der Waals surface area (Å²) in [5, 5.41) is 9.15. The maximum absolute atomic E-state index is 5.21. The van der Waals surface area contributed by atoms with Gasteiger partial charge in [-0.1, -0.05) is 30.3 Å². The molecule has 0 N–H and O–H groups in total. The van der Waals surface area contributed by atoms with Crippen molar-refractivity contribution >= 4 is 0 Å². The van der Waals surface area contributed by atoms with Gasteiger partial charge in [0.25, 0.3) is 0 Å². The second kappa shape index (κ2) is 8.27. The molecule has 0 aliphatic heterocycles. The molecule has 6 heteroatoms. The molecule has 0 radical (unpaired) electrons. The third-order valence-electron chi connectivity index (χ3n) is 4.78. The summed E-state index contributed by atoms with van der Waals surface area (Å²) in [6.45, 7) is 5.45. The first kappa shape index (κ1) is 18.3. The summed E-state index contributed by atoms with van der Waals surface area (Å²) in [5.41, 5.74) is 4.92. The van der Waals surface area contributed by atoms with Gasteiger partial charge in [0.15, 0.2) is 5.82 Å². The van der Waals surface area contributed by atoms with Crippen molar-refractivity contribution in [2.24, 2.45) is 7.05 Å². The van der Waals surface area contributed by atoms with Crippen molar-refractivity contribution in [1.29, 1.82) is 0 Å². The highest BCUT2D eigenvalue weighted by molar-refractivity contribution is 5.25. The van der Waals surface area contributed by atoms with Gasteiger partial charge in [0.05, 0.1) is 5.69 Å². The minimum Gasteiger partial charge on any atom is -0.377 e. The van der Waals surface area contributed by atoms with Crippen LogP contribution in [0.15, 0.2) is 30.3 Å². The van der Waals surface area contributed by atoms with E-state index in [0.29, 0.717) is 6.61 Å². The lowest BCUT2D eigenvalue weighted by atomic mass is 10.1. The first-order valence-electron chi connectivity index (χ1n) is 9.03. The zero-order chi connectivity index (χ0) is 18.5. The fourth-order valence-corrected chi connectivity index (χ4v) is 3.28. The van der Waals surface area contributed by atoms with Crippen LogP contribution in [-0.4, -0.2) is 31.7 Å². The first-order chi connectivity index (χ1) is 12.6. The first-order valence-corrected chi connectivity index (χ1v) is 9.03. The zero-order valence-electron chi connectivity index (χ0n) is 16.1. The maximum atomic E-state index is 5.21. The average Bonchev–Trinajstić information content (AvgIpc) is 3.13. The van der Waals surface area contributed by atoms with Crippen LogP contribution in [0.2, 0.25) is 0 Å². The predicted molar refractivity (Wildman–Crippen MR) is 101 cm³/mol. The Morgan fingerprint density at radius 3 is 2.42 bits per heavy atom. The van der Waals surface area contributed by atoms with Crippen molar-refractivity contribution < 1.29 is 4.74 Å². The lowest BCUT2D eigenvalue weighted by Crippen LogP contribution is -2.09. The molecular formula is C20H27N5O. The molecule has 3 aromatic rings. The lowest BCUT2D eigenvalue weighted by molar-refractivity contribution is 0.177. The van der Waals surface area contributed by atoms with E-state index in [1.165, 1.54) is 16.8 Å². The molecule has 0 amide bonds. The van der Waals surface area contributed by atoms with Crippen molar-refractivity contribution in [1.82, 2.24) is 24.5 Å². The van der Waals surface area contributed by atoms with Gasteiger partial charge < -0.3 is 4.74 Å². The van der Waals surface area contributed by atoms with Gasteiger partial charge in [0, 0.05) is 32.8 Å². The van der Waals surface area contributed by atoms with Gasteiger partial charge in [-0.2, -0.15) is 10.2 Å². The van der Waals surface area contributed by atoms with Gasteiger partial charge in [-0.05, 0) is 37.8 Å². The molecule has 3 rings (SSSR count). The Morgan fingerprint density at radius 1 is 1.00 bits per heavy atom. The molecule has 0 bridgehead atoms. The van der Waals surface area contributed by atoms with Gasteiger partial charge in [-0.25, -0.2) is 9.67 Å². The molecule has 2 heterocycles. The third-order valence-corrected chi connectivity index (χ3v) is 4.78. The van der Waals surface area contributed by atoms with Crippen molar-refractivity contribution in [3.8, 4) is 0 Å². The number of hydrogen-bond acceptors (Lipinski definition) is 4. The van der Waals surface area contributed by atoms with Crippen LogP contribution in [-0.2, 0) is 44.2 Å². The van der Waals surface area contributed by atoms with Crippen LogP contribution in [0.4, 0.5) is 0 Å². The van der Waals surface area contributed by atoms with E-state index in [1.54, 1.807) is 7.11 Å². The third kappa shape index (κ3) is 4.19. The van der Waals surface area contributed by atoms with Crippen LogP contribution in [0.5, 0.6) is 0 Å². The van der Waals surface area contributed by atoms with Crippen LogP contribution in [0.1, 0.15) is 34.2 Å². The van der Waals surface area contributed by atoms with Crippen LogP contribution in [0.3, 0.4) is 0 Å². The molecule has 0 fully saturated rings. The van der Waals surface area contributed by atoms with E-state index in [9.17, 15) is 0 Å². The number of hydrogen-bond donors (Lipinski definition) is 0. The molecule has 6 nitrogen and oxygen atoms in total. The standard InChI is InChI=1S/C20H27N5O/c1-15-18(16(2)24(3)22-15)10-11-20-21-19(14-26-4)23-25(20)13-12-17-8-6-5-7-9-17/h5-9H,10-14H2,1-4H3. The Kier molecular flexibility index (Phi) is 5.83. The topological polar surface area (TPSA) is 57.8 Å². The summed E-state index contributed by atoms with van der Waals surface area (Å²) in [6.07, 6.45) is 2.70. The largest absolute Gasteiger partial charge is 0.377 e. The molecule has 0 unspecified atom stereocenters. The number of benzene rings is 1. The minimum absolute atomic E-state index is 0.441. The van der Waals surface area contributed by atoms with E-state index in [2.05, 4.69) is 48.3 Å². The minimum atomic E-state index is 0.441. The second-order valence-electron chi connectivity index (χ2n) is 6.61. The van der Waals surface area contributed by atoms with Crippen molar-refractivity contribution in [3.05, 3.63) is 64.5 Å². The van der Waals surface area contributed by atoms with E-state index < -0.39 is 0 Å². The normalized spacial score (nSPS) is 11.2. The molecule has 2 aromatic heterocycles. The highest BCUT2D eigenvalue weighted by Crippen LogP contribution is 2.15. The number of rotatable bonds is 8. The smallest absolute Gasteiger partial charge is 0.176 e. The van der Waals surface area contributed by atoms with Crippen LogP contribution in [0.25, 0.3) is 0 Å². The van der Waals surface area contributed by atoms with Gasteiger partial charge >= 0.3 is 0 Å². The molecule has 26 heavy (non-hydrogen) atoms. The van der Waals surface area contributed by atoms with Crippen LogP contribution >= 0.6 is 0 Å². The molecular weight excluding hydrogens is 326 g/mol. The summed E-state index contributed by atoms with van der Waals surface area (Å²) in [7, 11) is 3.66. The van der Waals surface area contributed by atoms with Gasteiger partial charge in [-0.15, -0.1) is 0 Å². The highest BCUT2D eigenvalue weighted by atomic mass is 16.5. The summed E-state index contributed by atoms with van der Waals surface area (Å²) < 4.78 is 9.19. The van der Waals surface area contributed by atoms with Crippen molar-refractivity contribution in [3.63, 3.8) is 0 Å². The van der Waals surface area contributed by atoms with Gasteiger partial charge in [0.1, 0.15) is 12.4 Å². The number of aryl methyl sites for hydroxylation is 5. The molecule has 0 atom stereocenters. The number of nitrogens with zero attached hydrogens (tertiary/aromatic N) is 5. The number of methoxy groups -OCH3 is 1. The average molecular weight is 353 g/mol. The number of ether oxygens (including phenoxy) is 1. The van der Waals surface area contributed by atoms with Crippen LogP contribution in [0, 0.1) is 13.8 Å². The lowest BCUT2D eigenvalue weighted by Gasteiger charge is -2.07. The fraction of sp³-hybridized carbons (Fsp3) is 0.450. The van der Waals surface area contributed by atoms with Gasteiger partial charge in [0.2, 0.25) is 0 Å². The molecule has 138 valence electrons. The highest BCUT2D eigenvalue weighted by Gasteiger charge is 2.14. The summed E-state index contributed by atoms with van der Waals surface area (Å²) in [6, 6.07) is 10.5. The Labute approximate surface area is 154 Å². The SMILES string of the molecule is COCc1nc(CCc2c(C)nn(C)c2C)n(CCc2ccccc2)n1. The monoisotopic (exact) mass is 353 g/mol. The quantitative estimate of drug-likeness (QED) is 0.625. The van der Waals surface area contributed by atoms with Crippen molar-refractivity contribution in [2.75, 3.05) is 7.11 Å². The molecule has 0 spiro atoms. The van der Waals surface area contributed by atoms with Gasteiger partial charge in [-0.3, -0.25) is 4.68 Å².